The van der Waals surface area contributed by atoms with E-state index in [1.807, 2.05) is 0 Å². The van der Waals surface area contributed by atoms with Crippen LogP contribution in [-0.2, 0) is 11.3 Å². The molecule has 0 bridgehead atoms. The molecule has 2 rings (SSSR count). The van der Waals surface area contributed by atoms with Gasteiger partial charge in [-0.05, 0) is 12.1 Å². The highest BCUT2D eigenvalue weighted by Gasteiger charge is 2.10. The van der Waals surface area contributed by atoms with Crippen LogP contribution in [0.4, 0.5) is 0 Å². The summed E-state index contributed by atoms with van der Waals surface area (Å²) in [5.41, 5.74) is 1.31. The Kier molecular flexibility index (Phi) is 4.62. The van der Waals surface area contributed by atoms with E-state index in [2.05, 4.69) is 15.3 Å². The number of amides is 1. The zero-order valence-electron chi connectivity index (χ0n) is 10.7. The van der Waals surface area contributed by atoms with E-state index in [0.29, 0.717) is 16.8 Å². The number of aliphatic carboxylic acids is 1. The number of aromatic amines is 1. The monoisotopic (exact) mass is 305 g/mol. The van der Waals surface area contributed by atoms with Gasteiger partial charge in [0, 0.05) is 40.7 Å². The Morgan fingerprint density at radius 3 is 2.95 bits per heavy atom. The molecule has 2 aromatic heterocycles. The summed E-state index contributed by atoms with van der Waals surface area (Å²) in [5, 5.41) is 12.9. The van der Waals surface area contributed by atoms with Crippen molar-refractivity contribution < 1.29 is 14.7 Å². The fourth-order valence-corrected chi connectivity index (χ4v) is 2.16. The van der Waals surface area contributed by atoms with Gasteiger partial charge in [-0.3, -0.25) is 14.6 Å². The van der Waals surface area contributed by atoms with E-state index in [4.69, 9.17) is 5.11 Å². The van der Waals surface area contributed by atoms with Crippen LogP contribution in [0.15, 0.2) is 34.7 Å². The molecule has 0 spiro atoms. The van der Waals surface area contributed by atoms with Crippen molar-refractivity contribution in [2.45, 2.75) is 6.54 Å². The Labute approximate surface area is 123 Å². The number of carboxylic acid groups (broad SMARTS) is 1. The number of hydrogen-bond donors (Lipinski definition) is 3. The minimum atomic E-state index is -1.11. The molecule has 2 heterocycles. The van der Waals surface area contributed by atoms with Crippen LogP contribution in [0.2, 0.25) is 0 Å². The number of nitrogens with zero attached hydrogens (tertiary/aromatic N) is 1. The first-order valence-corrected chi connectivity index (χ1v) is 6.74. The summed E-state index contributed by atoms with van der Waals surface area (Å²) >= 11 is 1.02. The molecule has 0 fully saturated rings. The molecule has 0 radical (unpaired) electrons. The molecule has 8 heteroatoms. The van der Waals surface area contributed by atoms with Gasteiger partial charge >= 0.3 is 10.8 Å². The molecule has 0 saturated heterocycles. The van der Waals surface area contributed by atoms with Gasteiger partial charge in [-0.2, -0.15) is 0 Å². The standard InChI is InChI=1S/C13H11N3O4S/c17-11(18)2-1-8-5-14-4-3-10(8)12(19)15-6-9-7-21-13(20)16-9/h1-5,7H,6H2,(H,15,19)(H,16,20)(H,17,18)/b2-1+. The number of carboxylic acids is 1. The zero-order valence-corrected chi connectivity index (χ0v) is 11.5. The van der Waals surface area contributed by atoms with Crippen molar-refractivity contribution in [3.05, 3.63) is 56.4 Å². The highest BCUT2D eigenvalue weighted by atomic mass is 32.1. The van der Waals surface area contributed by atoms with E-state index in [9.17, 15) is 14.4 Å². The fourth-order valence-electron chi connectivity index (χ4n) is 1.58. The summed E-state index contributed by atoms with van der Waals surface area (Å²) in [4.78, 5) is 39.8. The second-order valence-corrected chi connectivity index (χ2v) is 4.83. The Bertz CT molecular complexity index is 748. The predicted octanol–water partition coefficient (Wildman–Crippen LogP) is 0.859. The lowest BCUT2D eigenvalue weighted by atomic mass is 10.1. The molecule has 0 aliphatic rings. The summed E-state index contributed by atoms with van der Waals surface area (Å²) in [7, 11) is 0. The normalized spacial score (nSPS) is 10.7. The van der Waals surface area contributed by atoms with Gasteiger partial charge in [0.25, 0.3) is 5.91 Å². The van der Waals surface area contributed by atoms with Crippen molar-refractivity contribution in [2.24, 2.45) is 0 Å². The molecule has 0 aliphatic heterocycles. The van der Waals surface area contributed by atoms with Crippen molar-refractivity contribution in [3.63, 3.8) is 0 Å². The van der Waals surface area contributed by atoms with Gasteiger partial charge < -0.3 is 15.4 Å². The van der Waals surface area contributed by atoms with Crippen LogP contribution in [0.25, 0.3) is 6.08 Å². The minimum absolute atomic E-state index is 0.183. The van der Waals surface area contributed by atoms with Crippen molar-refractivity contribution in [2.75, 3.05) is 0 Å². The van der Waals surface area contributed by atoms with Crippen molar-refractivity contribution in [3.8, 4) is 0 Å². The summed E-state index contributed by atoms with van der Waals surface area (Å²) in [6, 6.07) is 1.49. The fraction of sp³-hybridized carbons (Fsp3) is 0.0769. The molecule has 3 N–H and O–H groups in total. The van der Waals surface area contributed by atoms with Crippen LogP contribution in [0.1, 0.15) is 21.6 Å². The third kappa shape index (κ3) is 4.11. The molecule has 0 saturated carbocycles. The molecule has 0 aromatic carbocycles. The van der Waals surface area contributed by atoms with Crippen LogP contribution in [0, 0.1) is 0 Å². The Hall–Kier alpha value is -2.74. The Morgan fingerprint density at radius 1 is 1.48 bits per heavy atom. The van der Waals surface area contributed by atoms with Gasteiger partial charge in [0.2, 0.25) is 0 Å². The summed E-state index contributed by atoms with van der Waals surface area (Å²) in [6.45, 7) is 0.183. The molecule has 7 nitrogen and oxygen atoms in total. The highest BCUT2D eigenvalue weighted by Crippen LogP contribution is 2.09. The van der Waals surface area contributed by atoms with Gasteiger partial charge in [0.1, 0.15) is 0 Å². The number of hydrogen-bond acceptors (Lipinski definition) is 5. The second-order valence-electron chi connectivity index (χ2n) is 3.99. The quantitative estimate of drug-likeness (QED) is 0.709. The van der Waals surface area contributed by atoms with E-state index in [1.165, 1.54) is 24.5 Å². The number of carbonyl (C=O) groups excluding carboxylic acids is 1. The smallest absolute Gasteiger partial charge is 0.328 e. The topological polar surface area (TPSA) is 112 Å². The zero-order chi connectivity index (χ0) is 15.2. The third-order valence-corrected chi connectivity index (χ3v) is 3.23. The minimum Gasteiger partial charge on any atom is -0.478 e. The maximum absolute atomic E-state index is 12.1. The molecule has 2 aromatic rings. The average Bonchev–Trinajstić information content (AvgIpc) is 2.88. The van der Waals surface area contributed by atoms with E-state index < -0.39 is 5.97 Å². The molecule has 1 amide bonds. The van der Waals surface area contributed by atoms with Gasteiger partial charge in [-0.1, -0.05) is 11.3 Å². The summed E-state index contributed by atoms with van der Waals surface area (Å²) < 4.78 is 0. The molecule has 108 valence electrons. The maximum atomic E-state index is 12.1. The molecular weight excluding hydrogens is 294 g/mol. The summed E-state index contributed by atoms with van der Waals surface area (Å²) in [5.74, 6) is -1.49. The number of nitrogens with one attached hydrogen (secondary N) is 2. The number of H-pyrrole nitrogens is 1. The lowest BCUT2D eigenvalue weighted by molar-refractivity contribution is -0.131. The van der Waals surface area contributed by atoms with E-state index >= 15 is 0 Å². The first kappa shape index (κ1) is 14.7. The lowest BCUT2D eigenvalue weighted by Crippen LogP contribution is -2.24. The molecule has 0 atom stereocenters. The van der Waals surface area contributed by atoms with E-state index in [1.54, 1.807) is 5.38 Å². The molecule has 21 heavy (non-hydrogen) atoms. The van der Waals surface area contributed by atoms with Gasteiger partial charge in [-0.25, -0.2) is 4.79 Å². The molecular formula is C13H11N3O4S. The molecule has 0 aliphatic carbocycles. The van der Waals surface area contributed by atoms with E-state index in [-0.39, 0.29) is 17.3 Å². The maximum Gasteiger partial charge on any atom is 0.328 e. The number of pyridine rings is 1. The van der Waals surface area contributed by atoms with Crippen molar-refractivity contribution in [1.82, 2.24) is 15.3 Å². The van der Waals surface area contributed by atoms with Gasteiger partial charge in [0.05, 0.1) is 6.54 Å². The Balaban J connectivity index is 2.11. The number of aromatic nitrogens is 2. The van der Waals surface area contributed by atoms with Crippen LogP contribution in [0.3, 0.4) is 0 Å². The number of thiazole rings is 1. The first-order chi connectivity index (χ1) is 10.1. The molecule has 0 unspecified atom stereocenters. The third-order valence-electron chi connectivity index (χ3n) is 2.51. The predicted molar refractivity (Wildman–Crippen MR) is 77.0 cm³/mol. The van der Waals surface area contributed by atoms with Crippen molar-refractivity contribution >= 4 is 29.3 Å². The average molecular weight is 305 g/mol. The number of rotatable bonds is 5. The highest BCUT2D eigenvalue weighted by molar-refractivity contribution is 7.07. The van der Waals surface area contributed by atoms with Crippen LogP contribution in [-0.4, -0.2) is 27.0 Å². The Morgan fingerprint density at radius 2 is 2.29 bits per heavy atom. The van der Waals surface area contributed by atoms with Crippen LogP contribution < -0.4 is 10.2 Å². The number of carbonyl (C=O) groups is 2. The SMILES string of the molecule is O=C(O)/C=C/c1cnccc1C(=O)NCc1csc(=O)[nH]1. The lowest BCUT2D eigenvalue weighted by Gasteiger charge is -2.06. The largest absolute Gasteiger partial charge is 0.478 e. The van der Waals surface area contributed by atoms with Gasteiger partial charge in [-0.15, -0.1) is 0 Å². The first-order valence-electron chi connectivity index (χ1n) is 5.86. The van der Waals surface area contributed by atoms with Crippen LogP contribution >= 0.6 is 11.3 Å². The second kappa shape index (κ2) is 6.62. The van der Waals surface area contributed by atoms with Crippen LogP contribution in [0.5, 0.6) is 0 Å². The van der Waals surface area contributed by atoms with Gasteiger partial charge in [0.15, 0.2) is 0 Å². The van der Waals surface area contributed by atoms with Crippen molar-refractivity contribution in [1.29, 1.82) is 0 Å². The summed E-state index contributed by atoms with van der Waals surface area (Å²) in [6.07, 6.45) is 5.08. The van der Waals surface area contributed by atoms with E-state index in [0.717, 1.165) is 17.4 Å².